The lowest BCUT2D eigenvalue weighted by molar-refractivity contribution is 0.592. The quantitative estimate of drug-likeness (QED) is 0.761. The molecule has 0 aliphatic carbocycles. The van der Waals surface area contributed by atoms with Crippen molar-refractivity contribution in [3.8, 4) is 0 Å². The van der Waals surface area contributed by atoms with Crippen molar-refractivity contribution < 1.29 is 0 Å². The predicted octanol–water partition coefficient (Wildman–Crippen LogP) is 1.10. The minimum absolute atomic E-state index is 0.497. The first-order valence-corrected chi connectivity index (χ1v) is 4.77. The monoisotopic (exact) mass is 190 g/mol. The number of nitrogens with zero attached hydrogens (tertiary/aromatic N) is 2. The Balaban J connectivity index is 2.25. The van der Waals surface area contributed by atoms with Crippen LogP contribution in [0.3, 0.4) is 0 Å². The molecule has 0 saturated carbocycles. The van der Waals surface area contributed by atoms with Gasteiger partial charge >= 0.3 is 0 Å². The maximum Gasteiger partial charge on any atom is 0.177 e. The number of pyridine rings is 1. The van der Waals surface area contributed by atoms with Gasteiger partial charge in [0.05, 0.1) is 11.8 Å². The summed E-state index contributed by atoms with van der Waals surface area (Å²) >= 11 is 0. The van der Waals surface area contributed by atoms with Crippen LogP contribution in [-0.4, -0.2) is 21.5 Å². The van der Waals surface area contributed by atoms with Crippen molar-refractivity contribution in [2.24, 2.45) is 11.7 Å². The maximum absolute atomic E-state index is 5.57. The molecule has 0 saturated heterocycles. The highest BCUT2D eigenvalue weighted by atomic mass is 14.9. The van der Waals surface area contributed by atoms with Crippen LogP contribution in [0.2, 0.25) is 0 Å². The Bertz CT molecular complexity index is 421. The molecule has 0 aliphatic heterocycles. The molecule has 2 aromatic heterocycles. The highest BCUT2D eigenvalue weighted by Gasteiger charge is 2.03. The van der Waals surface area contributed by atoms with Crippen LogP contribution in [0.15, 0.2) is 18.6 Å². The first-order chi connectivity index (χ1) is 6.79. The zero-order valence-corrected chi connectivity index (χ0v) is 8.20. The number of nitrogens with two attached hydrogens (primary N) is 1. The number of H-pyrrole nitrogens is 1. The number of fused-ring (bicyclic) bond motifs is 1. The van der Waals surface area contributed by atoms with E-state index in [1.165, 1.54) is 5.56 Å². The van der Waals surface area contributed by atoms with Gasteiger partial charge in [-0.2, -0.15) is 0 Å². The van der Waals surface area contributed by atoms with Crippen LogP contribution in [0.5, 0.6) is 0 Å². The Hall–Kier alpha value is -1.42. The molecule has 74 valence electrons. The van der Waals surface area contributed by atoms with Crippen LogP contribution >= 0.6 is 0 Å². The Morgan fingerprint density at radius 1 is 1.50 bits per heavy atom. The van der Waals surface area contributed by atoms with E-state index in [0.717, 1.165) is 17.6 Å². The molecule has 2 aromatic rings. The molecule has 14 heavy (non-hydrogen) atoms. The van der Waals surface area contributed by atoms with Crippen LogP contribution in [0.4, 0.5) is 0 Å². The fourth-order valence-electron chi connectivity index (χ4n) is 1.47. The Kier molecular flexibility index (Phi) is 2.45. The van der Waals surface area contributed by atoms with Gasteiger partial charge in [0, 0.05) is 6.20 Å². The van der Waals surface area contributed by atoms with Crippen LogP contribution in [-0.2, 0) is 6.42 Å². The highest BCUT2D eigenvalue weighted by Crippen LogP contribution is 2.11. The summed E-state index contributed by atoms with van der Waals surface area (Å²) in [6.07, 6.45) is 4.50. The third-order valence-corrected chi connectivity index (χ3v) is 2.32. The molecule has 0 spiro atoms. The zero-order valence-electron chi connectivity index (χ0n) is 8.20. The third kappa shape index (κ3) is 1.75. The van der Waals surface area contributed by atoms with E-state index >= 15 is 0 Å². The van der Waals surface area contributed by atoms with Crippen LogP contribution in [0, 0.1) is 5.92 Å². The number of imidazole rings is 1. The molecule has 0 radical (unpaired) electrons. The predicted molar refractivity (Wildman–Crippen MR) is 55.8 cm³/mol. The number of aromatic amines is 1. The van der Waals surface area contributed by atoms with Gasteiger partial charge in [-0.1, -0.05) is 6.92 Å². The molecule has 0 aromatic carbocycles. The molecule has 0 bridgehead atoms. The number of rotatable bonds is 3. The van der Waals surface area contributed by atoms with Crippen molar-refractivity contribution >= 4 is 11.2 Å². The van der Waals surface area contributed by atoms with Crippen molar-refractivity contribution in [1.82, 2.24) is 15.0 Å². The summed E-state index contributed by atoms with van der Waals surface area (Å²) in [4.78, 5) is 11.4. The van der Waals surface area contributed by atoms with E-state index in [-0.39, 0.29) is 0 Å². The van der Waals surface area contributed by atoms with Gasteiger partial charge in [0.15, 0.2) is 5.65 Å². The Morgan fingerprint density at radius 3 is 3.14 bits per heavy atom. The fraction of sp³-hybridized carbons (Fsp3) is 0.400. The van der Waals surface area contributed by atoms with E-state index in [1.807, 2.05) is 6.20 Å². The van der Waals surface area contributed by atoms with Gasteiger partial charge in [0.1, 0.15) is 0 Å². The van der Waals surface area contributed by atoms with Gasteiger partial charge in [0.2, 0.25) is 0 Å². The second kappa shape index (κ2) is 3.75. The SMILES string of the molecule is CC(CN)Cc1cnc2nc[nH]c2c1. The minimum atomic E-state index is 0.497. The van der Waals surface area contributed by atoms with E-state index in [0.29, 0.717) is 12.5 Å². The Morgan fingerprint density at radius 2 is 2.36 bits per heavy atom. The van der Waals surface area contributed by atoms with Crippen molar-refractivity contribution in [3.63, 3.8) is 0 Å². The smallest absolute Gasteiger partial charge is 0.177 e. The van der Waals surface area contributed by atoms with Crippen molar-refractivity contribution in [2.45, 2.75) is 13.3 Å². The number of hydrogen-bond donors (Lipinski definition) is 2. The summed E-state index contributed by atoms with van der Waals surface area (Å²) < 4.78 is 0. The summed E-state index contributed by atoms with van der Waals surface area (Å²) in [5.41, 5.74) is 8.54. The fourth-order valence-corrected chi connectivity index (χ4v) is 1.47. The molecule has 0 amide bonds. The molecule has 0 fully saturated rings. The molecule has 4 heteroatoms. The van der Waals surface area contributed by atoms with Gasteiger partial charge in [-0.3, -0.25) is 0 Å². The average molecular weight is 190 g/mol. The summed E-state index contributed by atoms with van der Waals surface area (Å²) in [5, 5.41) is 0. The first-order valence-electron chi connectivity index (χ1n) is 4.77. The Labute approximate surface area is 82.6 Å². The van der Waals surface area contributed by atoms with Gasteiger partial charge < -0.3 is 10.7 Å². The number of hydrogen-bond acceptors (Lipinski definition) is 3. The van der Waals surface area contributed by atoms with Gasteiger partial charge in [-0.05, 0) is 30.5 Å². The van der Waals surface area contributed by atoms with Gasteiger partial charge in [-0.25, -0.2) is 9.97 Å². The van der Waals surface area contributed by atoms with Crippen molar-refractivity contribution in [2.75, 3.05) is 6.54 Å². The summed E-state index contributed by atoms with van der Waals surface area (Å²) in [5.74, 6) is 0.497. The number of nitrogens with one attached hydrogen (secondary N) is 1. The second-order valence-electron chi connectivity index (χ2n) is 3.66. The average Bonchev–Trinajstić information content (AvgIpc) is 2.64. The lowest BCUT2D eigenvalue weighted by Crippen LogP contribution is -2.13. The van der Waals surface area contributed by atoms with Crippen LogP contribution < -0.4 is 5.73 Å². The van der Waals surface area contributed by atoms with E-state index in [1.54, 1.807) is 6.33 Å². The molecule has 1 unspecified atom stereocenters. The third-order valence-electron chi connectivity index (χ3n) is 2.32. The molecule has 1 atom stereocenters. The van der Waals surface area contributed by atoms with E-state index in [2.05, 4.69) is 27.9 Å². The largest absolute Gasteiger partial charge is 0.343 e. The van der Waals surface area contributed by atoms with Gasteiger partial charge in [0.25, 0.3) is 0 Å². The molecular formula is C10H14N4. The maximum atomic E-state index is 5.57. The lowest BCUT2D eigenvalue weighted by atomic mass is 10.0. The normalized spacial score (nSPS) is 13.3. The first kappa shape index (κ1) is 9.15. The minimum Gasteiger partial charge on any atom is -0.343 e. The summed E-state index contributed by atoms with van der Waals surface area (Å²) in [7, 11) is 0. The molecular weight excluding hydrogens is 176 g/mol. The topological polar surface area (TPSA) is 67.6 Å². The van der Waals surface area contributed by atoms with E-state index < -0.39 is 0 Å². The second-order valence-corrected chi connectivity index (χ2v) is 3.66. The standard InChI is InChI=1S/C10H14N4/c1-7(4-11)2-8-3-9-10(12-5-8)14-6-13-9/h3,5-7H,2,4,11H2,1H3,(H,12,13,14). The van der Waals surface area contributed by atoms with E-state index in [4.69, 9.17) is 5.73 Å². The number of aromatic nitrogens is 3. The van der Waals surface area contributed by atoms with Crippen molar-refractivity contribution in [1.29, 1.82) is 0 Å². The molecule has 0 aliphatic rings. The van der Waals surface area contributed by atoms with E-state index in [9.17, 15) is 0 Å². The van der Waals surface area contributed by atoms with Crippen molar-refractivity contribution in [3.05, 3.63) is 24.2 Å². The summed E-state index contributed by atoms with van der Waals surface area (Å²) in [6, 6.07) is 2.08. The van der Waals surface area contributed by atoms with Gasteiger partial charge in [-0.15, -0.1) is 0 Å². The highest BCUT2D eigenvalue weighted by molar-refractivity contribution is 5.70. The lowest BCUT2D eigenvalue weighted by Gasteiger charge is -2.07. The molecule has 4 nitrogen and oxygen atoms in total. The van der Waals surface area contributed by atoms with Crippen LogP contribution in [0.1, 0.15) is 12.5 Å². The van der Waals surface area contributed by atoms with Crippen LogP contribution in [0.25, 0.3) is 11.2 Å². The summed E-state index contributed by atoms with van der Waals surface area (Å²) in [6.45, 7) is 2.85. The molecule has 3 N–H and O–H groups in total. The molecule has 2 rings (SSSR count). The molecule has 2 heterocycles. The zero-order chi connectivity index (χ0) is 9.97.